The van der Waals surface area contributed by atoms with Gasteiger partial charge in [-0.25, -0.2) is 9.97 Å². The summed E-state index contributed by atoms with van der Waals surface area (Å²) in [6.45, 7) is 11.5. The first kappa shape index (κ1) is 17.5. The summed E-state index contributed by atoms with van der Waals surface area (Å²) in [6, 6.07) is 3.75. The van der Waals surface area contributed by atoms with Crippen molar-refractivity contribution in [3.05, 3.63) is 40.7 Å². The fraction of sp³-hybridized carbons (Fsp3) is 0.556. The van der Waals surface area contributed by atoms with E-state index in [0.29, 0.717) is 31.2 Å². The molecule has 7 heteroatoms. The van der Waals surface area contributed by atoms with Crippen molar-refractivity contribution in [2.75, 3.05) is 19.7 Å². The van der Waals surface area contributed by atoms with Gasteiger partial charge in [0.1, 0.15) is 17.6 Å². The molecule has 3 heterocycles. The first-order valence-electron chi connectivity index (χ1n) is 8.53. The van der Waals surface area contributed by atoms with Crippen molar-refractivity contribution in [3.8, 4) is 0 Å². The van der Waals surface area contributed by atoms with Gasteiger partial charge in [0.2, 0.25) is 0 Å². The van der Waals surface area contributed by atoms with Crippen LogP contribution in [0.3, 0.4) is 0 Å². The third-order valence-electron chi connectivity index (χ3n) is 4.27. The SMILES string of the molecule is Cc1cc(C2CN(C(=O)c3cc(C(C)(C)C)[nH]n3)CCO2)nc(C)n1. The molecule has 3 rings (SSSR count). The summed E-state index contributed by atoms with van der Waals surface area (Å²) in [7, 11) is 0. The molecular weight excluding hydrogens is 318 g/mol. The molecule has 1 aliphatic heterocycles. The molecule has 0 spiro atoms. The molecule has 2 aromatic rings. The lowest BCUT2D eigenvalue weighted by atomic mass is 9.92. The van der Waals surface area contributed by atoms with Crippen LogP contribution in [0.2, 0.25) is 0 Å². The Morgan fingerprint density at radius 2 is 2.04 bits per heavy atom. The second-order valence-corrected chi connectivity index (χ2v) is 7.51. The molecule has 25 heavy (non-hydrogen) atoms. The number of nitrogens with zero attached hydrogens (tertiary/aromatic N) is 4. The molecule has 1 amide bonds. The van der Waals surface area contributed by atoms with Gasteiger partial charge in [-0.3, -0.25) is 9.89 Å². The number of aryl methyl sites for hydroxylation is 2. The molecule has 0 aromatic carbocycles. The molecule has 7 nitrogen and oxygen atoms in total. The van der Waals surface area contributed by atoms with Crippen LogP contribution in [0.4, 0.5) is 0 Å². The first-order valence-corrected chi connectivity index (χ1v) is 8.53. The lowest BCUT2D eigenvalue weighted by molar-refractivity contribution is -0.0250. The molecule has 0 bridgehead atoms. The zero-order chi connectivity index (χ0) is 18.2. The summed E-state index contributed by atoms with van der Waals surface area (Å²) in [5.41, 5.74) is 3.04. The molecule has 0 radical (unpaired) electrons. The van der Waals surface area contributed by atoms with Crippen LogP contribution in [0.15, 0.2) is 12.1 Å². The number of carbonyl (C=O) groups is 1. The Morgan fingerprint density at radius 3 is 2.68 bits per heavy atom. The molecule has 1 N–H and O–H groups in total. The third kappa shape index (κ3) is 3.87. The smallest absolute Gasteiger partial charge is 0.274 e. The number of aromatic amines is 1. The van der Waals surface area contributed by atoms with Gasteiger partial charge in [0.15, 0.2) is 0 Å². The molecule has 134 valence electrons. The van der Waals surface area contributed by atoms with Gasteiger partial charge < -0.3 is 9.64 Å². The van der Waals surface area contributed by atoms with Crippen LogP contribution >= 0.6 is 0 Å². The monoisotopic (exact) mass is 343 g/mol. The molecule has 1 fully saturated rings. The summed E-state index contributed by atoms with van der Waals surface area (Å²) in [5, 5.41) is 7.18. The minimum Gasteiger partial charge on any atom is -0.368 e. The molecule has 0 saturated carbocycles. The zero-order valence-electron chi connectivity index (χ0n) is 15.5. The molecule has 1 atom stereocenters. The second-order valence-electron chi connectivity index (χ2n) is 7.51. The van der Waals surface area contributed by atoms with Crippen LogP contribution < -0.4 is 0 Å². The number of H-pyrrole nitrogens is 1. The van der Waals surface area contributed by atoms with Crippen LogP contribution in [0, 0.1) is 13.8 Å². The highest BCUT2D eigenvalue weighted by atomic mass is 16.5. The maximum absolute atomic E-state index is 12.8. The summed E-state index contributed by atoms with van der Waals surface area (Å²) >= 11 is 0. The van der Waals surface area contributed by atoms with E-state index in [-0.39, 0.29) is 17.4 Å². The third-order valence-corrected chi connectivity index (χ3v) is 4.27. The quantitative estimate of drug-likeness (QED) is 0.905. The minimum absolute atomic E-state index is 0.0743. The normalized spacial score (nSPS) is 18.4. The maximum Gasteiger partial charge on any atom is 0.274 e. The average Bonchev–Trinajstić information content (AvgIpc) is 3.03. The molecule has 2 aromatic heterocycles. The van der Waals surface area contributed by atoms with Gasteiger partial charge in [0.25, 0.3) is 5.91 Å². The van der Waals surface area contributed by atoms with Crippen LogP contribution in [-0.4, -0.2) is 50.7 Å². The van der Waals surface area contributed by atoms with E-state index in [4.69, 9.17) is 4.74 Å². The van der Waals surface area contributed by atoms with Gasteiger partial charge in [-0.05, 0) is 26.0 Å². The largest absolute Gasteiger partial charge is 0.368 e. The van der Waals surface area contributed by atoms with Crippen molar-refractivity contribution < 1.29 is 9.53 Å². The minimum atomic E-state index is -0.237. The van der Waals surface area contributed by atoms with E-state index < -0.39 is 0 Å². The van der Waals surface area contributed by atoms with Gasteiger partial charge in [0, 0.05) is 23.3 Å². The Kier molecular flexibility index (Phi) is 4.60. The van der Waals surface area contributed by atoms with Crippen LogP contribution in [0.5, 0.6) is 0 Å². The van der Waals surface area contributed by atoms with E-state index >= 15 is 0 Å². The Hall–Kier alpha value is -2.28. The predicted octanol–water partition coefficient (Wildman–Crippen LogP) is 2.33. The average molecular weight is 343 g/mol. The van der Waals surface area contributed by atoms with Crippen molar-refractivity contribution in [3.63, 3.8) is 0 Å². The number of aromatic nitrogens is 4. The topological polar surface area (TPSA) is 84.0 Å². The lowest BCUT2D eigenvalue weighted by Gasteiger charge is -2.32. The van der Waals surface area contributed by atoms with Gasteiger partial charge in [-0.15, -0.1) is 0 Å². The van der Waals surface area contributed by atoms with Crippen LogP contribution in [0.1, 0.15) is 60.3 Å². The van der Waals surface area contributed by atoms with Crippen molar-refractivity contribution >= 4 is 5.91 Å². The predicted molar refractivity (Wildman–Crippen MR) is 93.4 cm³/mol. The molecular formula is C18H25N5O2. The van der Waals surface area contributed by atoms with Crippen molar-refractivity contribution in [1.82, 2.24) is 25.1 Å². The molecule has 1 unspecified atom stereocenters. The van der Waals surface area contributed by atoms with E-state index in [1.165, 1.54) is 0 Å². The van der Waals surface area contributed by atoms with Gasteiger partial charge in [-0.2, -0.15) is 5.10 Å². The van der Waals surface area contributed by atoms with E-state index in [1.54, 1.807) is 4.90 Å². The fourth-order valence-electron chi connectivity index (χ4n) is 2.90. The number of hydrogen-bond acceptors (Lipinski definition) is 5. The van der Waals surface area contributed by atoms with E-state index in [0.717, 1.165) is 17.1 Å². The van der Waals surface area contributed by atoms with E-state index in [9.17, 15) is 4.79 Å². The zero-order valence-corrected chi connectivity index (χ0v) is 15.5. The summed E-state index contributed by atoms with van der Waals surface area (Å²) in [5.74, 6) is 0.631. The summed E-state index contributed by atoms with van der Waals surface area (Å²) in [6.07, 6.45) is -0.237. The highest BCUT2D eigenvalue weighted by Crippen LogP contribution is 2.24. The van der Waals surface area contributed by atoms with Gasteiger partial charge in [-0.1, -0.05) is 20.8 Å². The van der Waals surface area contributed by atoms with Crippen molar-refractivity contribution in [2.24, 2.45) is 0 Å². The highest BCUT2D eigenvalue weighted by molar-refractivity contribution is 5.92. The molecule has 0 aliphatic carbocycles. The van der Waals surface area contributed by atoms with Gasteiger partial charge >= 0.3 is 0 Å². The maximum atomic E-state index is 12.8. The van der Waals surface area contributed by atoms with Crippen LogP contribution in [0.25, 0.3) is 0 Å². The number of hydrogen-bond donors (Lipinski definition) is 1. The van der Waals surface area contributed by atoms with E-state index in [2.05, 4.69) is 40.9 Å². The number of carbonyl (C=O) groups excluding carboxylic acids is 1. The molecule has 1 saturated heterocycles. The highest BCUT2D eigenvalue weighted by Gasteiger charge is 2.29. The Morgan fingerprint density at radius 1 is 1.28 bits per heavy atom. The number of rotatable bonds is 2. The van der Waals surface area contributed by atoms with Crippen LogP contribution in [-0.2, 0) is 10.2 Å². The van der Waals surface area contributed by atoms with E-state index in [1.807, 2.05) is 26.0 Å². The Balaban J connectivity index is 1.76. The number of amides is 1. The number of nitrogens with one attached hydrogen (secondary N) is 1. The Labute approximate surface area is 147 Å². The van der Waals surface area contributed by atoms with Gasteiger partial charge in [0.05, 0.1) is 18.8 Å². The van der Waals surface area contributed by atoms with Crippen molar-refractivity contribution in [2.45, 2.75) is 46.1 Å². The molecule has 1 aliphatic rings. The Bertz CT molecular complexity index is 758. The standard InChI is InChI=1S/C18H25N5O2/c1-11-8-13(20-12(2)19-11)15-10-23(6-7-25-15)17(24)14-9-16(22-21-14)18(3,4)5/h8-9,15H,6-7,10H2,1-5H3,(H,21,22). The fourth-order valence-corrected chi connectivity index (χ4v) is 2.90. The number of ether oxygens (including phenoxy) is 1. The second kappa shape index (κ2) is 6.55. The summed E-state index contributed by atoms with van der Waals surface area (Å²) in [4.78, 5) is 23.3. The van der Waals surface area contributed by atoms with Crippen molar-refractivity contribution in [1.29, 1.82) is 0 Å². The lowest BCUT2D eigenvalue weighted by Crippen LogP contribution is -2.42. The summed E-state index contributed by atoms with van der Waals surface area (Å²) < 4.78 is 5.84. The number of morpholine rings is 1. The first-order chi connectivity index (χ1) is 11.7.